The van der Waals surface area contributed by atoms with Crippen molar-refractivity contribution in [3.05, 3.63) is 72.3 Å². The Labute approximate surface area is 138 Å². The number of fused-ring (bicyclic) bond motifs is 4. The average molecular weight is 315 g/mol. The van der Waals surface area contributed by atoms with Gasteiger partial charge < -0.3 is 9.47 Å². The molecular weight excluding hydrogens is 302 g/mol. The van der Waals surface area contributed by atoms with Gasteiger partial charge in [0.25, 0.3) is 0 Å². The Bertz CT molecular complexity index is 956. The van der Waals surface area contributed by atoms with Crippen molar-refractivity contribution in [2.75, 3.05) is 6.61 Å². The number of nitrogens with zero attached hydrogens (tertiary/aromatic N) is 3. The lowest BCUT2D eigenvalue weighted by Gasteiger charge is -2.33. The molecule has 0 radical (unpaired) electrons. The van der Waals surface area contributed by atoms with Crippen molar-refractivity contribution in [1.29, 1.82) is 0 Å². The summed E-state index contributed by atoms with van der Waals surface area (Å²) in [5.74, 6) is 1.63. The number of rotatable bonds is 1. The summed E-state index contributed by atoms with van der Waals surface area (Å²) in [4.78, 5) is 12.9. The Morgan fingerprint density at radius 3 is 2.54 bits per heavy atom. The molecule has 116 valence electrons. The van der Waals surface area contributed by atoms with Crippen LogP contribution in [0, 0.1) is 0 Å². The van der Waals surface area contributed by atoms with E-state index in [4.69, 9.17) is 9.47 Å². The van der Waals surface area contributed by atoms with Gasteiger partial charge in [-0.05, 0) is 23.8 Å². The van der Waals surface area contributed by atoms with Crippen molar-refractivity contribution in [1.82, 2.24) is 9.97 Å². The highest BCUT2D eigenvalue weighted by Crippen LogP contribution is 2.50. The van der Waals surface area contributed by atoms with Gasteiger partial charge in [0.05, 0.1) is 0 Å². The standard InChI is InChI=1S/C19H13N3O2/c1-2-4-17-15(3-1)19(10-23-12-22-19)16-7-13(5-6-18(16)24-17)14-8-20-11-21-9-14/h1-9,11-12H,10H2. The molecule has 1 spiro atoms. The second-order valence-electron chi connectivity index (χ2n) is 5.84. The molecule has 0 bridgehead atoms. The molecule has 1 atom stereocenters. The molecule has 0 fully saturated rings. The predicted octanol–water partition coefficient (Wildman–Crippen LogP) is 3.55. The van der Waals surface area contributed by atoms with E-state index in [1.165, 1.54) is 12.7 Å². The van der Waals surface area contributed by atoms with Crippen molar-refractivity contribution in [3.8, 4) is 22.6 Å². The molecule has 0 saturated heterocycles. The third kappa shape index (κ3) is 1.78. The van der Waals surface area contributed by atoms with Gasteiger partial charge in [0.15, 0.2) is 11.9 Å². The fraction of sp³-hybridized carbons (Fsp3) is 0.105. The zero-order valence-corrected chi connectivity index (χ0v) is 12.7. The first-order chi connectivity index (χ1) is 11.9. The Morgan fingerprint density at radius 2 is 1.71 bits per heavy atom. The molecule has 0 aliphatic carbocycles. The Kier molecular flexibility index (Phi) is 2.70. The minimum Gasteiger partial charge on any atom is -0.480 e. The van der Waals surface area contributed by atoms with Gasteiger partial charge in [0.1, 0.15) is 24.4 Å². The lowest BCUT2D eigenvalue weighted by Crippen LogP contribution is -2.31. The minimum atomic E-state index is -0.560. The minimum absolute atomic E-state index is 0.467. The van der Waals surface area contributed by atoms with Crippen molar-refractivity contribution in [2.45, 2.75) is 5.54 Å². The van der Waals surface area contributed by atoms with Crippen molar-refractivity contribution < 1.29 is 9.47 Å². The van der Waals surface area contributed by atoms with Crippen LogP contribution in [0.5, 0.6) is 11.5 Å². The van der Waals surface area contributed by atoms with Gasteiger partial charge >= 0.3 is 0 Å². The number of hydrogen-bond acceptors (Lipinski definition) is 5. The van der Waals surface area contributed by atoms with Gasteiger partial charge in [-0.15, -0.1) is 0 Å². The van der Waals surface area contributed by atoms with Gasteiger partial charge in [-0.2, -0.15) is 0 Å². The highest BCUT2D eigenvalue weighted by Gasteiger charge is 2.45. The van der Waals surface area contributed by atoms with Crippen molar-refractivity contribution >= 4 is 6.40 Å². The van der Waals surface area contributed by atoms with Crippen LogP contribution in [0.1, 0.15) is 11.1 Å². The first-order valence-electron chi connectivity index (χ1n) is 7.69. The number of aliphatic imine (C=N–C) groups is 1. The van der Waals surface area contributed by atoms with Gasteiger partial charge in [-0.1, -0.05) is 24.3 Å². The topological polar surface area (TPSA) is 56.6 Å². The maximum absolute atomic E-state index is 6.09. The monoisotopic (exact) mass is 315 g/mol. The summed E-state index contributed by atoms with van der Waals surface area (Å²) in [5, 5.41) is 0. The summed E-state index contributed by atoms with van der Waals surface area (Å²) < 4.78 is 11.6. The summed E-state index contributed by atoms with van der Waals surface area (Å²) in [5.41, 5.74) is 3.44. The summed E-state index contributed by atoms with van der Waals surface area (Å²) in [6.07, 6.45) is 6.66. The maximum atomic E-state index is 6.09. The molecule has 1 unspecified atom stereocenters. The normalized spacial score (nSPS) is 20.2. The summed E-state index contributed by atoms with van der Waals surface area (Å²) in [7, 11) is 0. The molecule has 5 nitrogen and oxygen atoms in total. The van der Waals surface area contributed by atoms with E-state index in [1.807, 2.05) is 36.4 Å². The first kappa shape index (κ1) is 13.2. The molecule has 3 aromatic rings. The van der Waals surface area contributed by atoms with E-state index in [9.17, 15) is 0 Å². The van der Waals surface area contributed by atoms with Crippen LogP contribution in [0.25, 0.3) is 11.1 Å². The molecule has 2 aromatic carbocycles. The van der Waals surface area contributed by atoms with Gasteiger partial charge in [-0.3, -0.25) is 0 Å². The van der Waals surface area contributed by atoms with E-state index < -0.39 is 5.54 Å². The summed E-state index contributed by atoms with van der Waals surface area (Å²) >= 11 is 0. The van der Waals surface area contributed by atoms with Crippen LogP contribution in [0.2, 0.25) is 0 Å². The largest absolute Gasteiger partial charge is 0.480 e. The molecular formula is C19H13N3O2. The SMILES string of the molecule is C1=NC2(CO1)c1ccccc1Oc1ccc(-c3cncnc3)cc12. The van der Waals surface area contributed by atoms with Gasteiger partial charge in [0.2, 0.25) is 0 Å². The second-order valence-corrected chi connectivity index (χ2v) is 5.84. The van der Waals surface area contributed by atoms with Crippen molar-refractivity contribution in [3.63, 3.8) is 0 Å². The Hall–Kier alpha value is -3.21. The zero-order valence-electron chi connectivity index (χ0n) is 12.7. The lowest BCUT2D eigenvalue weighted by molar-refractivity contribution is 0.273. The molecule has 5 heteroatoms. The average Bonchev–Trinajstić information content (AvgIpc) is 3.13. The molecule has 1 aromatic heterocycles. The molecule has 0 N–H and O–H groups in total. The zero-order chi connectivity index (χ0) is 16.0. The molecule has 24 heavy (non-hydrogen) atoms. The van der Waals surface area contributed by atoms with Crippen LogP contribution < -0.4 is 4.74 Å². The number of para-hydroxylation sites is 1. The van der Waals surface area contributed by atoms with E-state index >= 15 is 0 Å². The molecule has 0 saturated carbocycles. The highest BCUT2D eigenvalue weighted by molar-refractivity contribution is 5.70. The smallest absolute Gasteiger partial charge is 0.170 e. The van der Waals surface area contributed by atoms with Crippen LogP contribution in [0.3, 0.4) is 0 Å². The van der Waals surface area contributed by atoms with E-state index in [-0.39, 0.29) is 0 Å². The summed E-state index contributed by atoms with van der Waals surface area (Å²) in [6, 6.07) is 14.1. The van der Waals surface area contributed by atoms with Crippen LogP contribution >= 0.6 is 0 Å². The van der Waals surface area contributed by atoms with E-state index in [1.54, 1.807) is 12.4 Å². The fourth-order valence-corrected chi connectivity index (χ4v) is 3.35. The van der Waals surface area contributed by atoms with Gasteiger partial charge in [-0.25, -0.2) is 15.0 Å². The maximum Gasteiger partial charge on any atom is 0.170 e. The molecule has 3 heterocycles. The molecule has 0 amide bonds. The van der Waals surface area contributed by atoms with E-state index in [2.05, 4.69) is 21.0 Å². The lowest BCUT2D eigenvalue weighted by atomic mass is 9.80. The Balaban J connectivity index is 1.74. The second kappa shape index (κ2) is 4.89. The molecule has 5 rings (SSSR count). The molecule has 2 aliphatic rings. The third-order valence-electron chi connectivity index (χ3n) is 4.51. The van der Waals surface area contributed by atoms with Crippen LogP contribution in [0.15, 0.2) is 66.2 Å². The van der Waals surface area contributed by atoms with Crippen molar-refractivity contribution in [2.24, 2.45) is 4.99 Å². The Morgan fingerprint density at radius 1 is 0.875 bits per heavy atom. The van der Waals surface area contributed by atoms with E-state index in [0.717, 1.165) is 33.8 Å². The number of benzene rings is 2. The van der Waals surface area contributed by atoms with Crippen LogP contribution in [-0.2, 0) is 10.3 Å². The third-order valence-corrected chi connectivity index (χ3v) is 4.51. The highest BCUT2D eigenvalue weighted by atomic mass is 16.5. The quantitative estimate of drug-likeness (QED) is 0.689. The predicted molar refractivity (Wildman–Crippen MR) is 89.2 cm³/mol. The summed E-state index contributed by atoms with van der Waals surface area (Å²) in [6.45, 7) is 0.467. The van der Waals surface area contributed by atoms with Gasteiger partial charge in [0, 0.05) is 29.1 Å². The number of ether oxygens (including phenoxy) is 2. The van der Waals surface area contributed by atoms with Crippen LogP contribution in [-0.4, -0.2) is 23.0 Å². The first-order valence-corrected chi connectivity index (χ1v) is 7.69. The van der Waals surface area contributed by atoms with Crippen LogP contribution in [0.4, 0.5) is 0 Å². The van der Waals surface area contributed by atoms with E-state index in [0.29, 0.717) is 6.61 Å². The molecule has 2 aliphatic heterocycles. The number of hydrogen-bond donors (Lipinski definition) is 0. The fourth-order valence-electron chi connectivity index (χ4n) is 3.35. The number of aromatic nitrogens is 2.